The minimum Gasteiger partial charge on any atom is -0.382 e. The predicted molar refractivity (Wildman–Crippen MR) is 84.5 cm³/mol. The Labute approximate surface area is 119 Å². The second kappa shape index (κ2) is 6.57. The van der Waals surface area contributed by atoms with E-state index in [9.17, 15) is 0 Å². The average Bonchev–Trinajstić information content (AvgIpc) is 2.82. The lowest BCUT2D eigenvalue weighted by Crippen LogP contribution is -2.12. The van der Waals surface area contributed by atoms with Gasteiger partial charge in [0, 0.05) is 6.54 Å². The zero-order chi connectivity index (χ0) is 13.7. The van der Waals surface area contributed by atoms with Gasteiger partial charge in [-0.15, -0.1) is 0 Å². The van der Waals surface area contributed by atoms with E-state index in [1.165, 1.54) is 24.4 Å². The van der Waals surface area contributed by atoms with Crippen LogP contribution in [0.4, 0.5) is 10.8 Å². The summed E-state index contributed by atoms with van der Waals surface area (Å²) in [5.41, 5.74) is 8.17. The van der Waals surface area contributed by atoms with Gasteiger partial charge in [0.25, 0.3) is 0 Å². The van der Waals surface area contributed by atoms with Crippen LogP contribution in [-0.4, -0.2) is 10.9 Å². The normalized spacial score (nSPS) is 10.9. The SMILES string of the molecule is CCC(CC)CNc1snc(N)c1-c1ccccc1. The van der Waals surface area contributed by atoms with Crippen LogP contribution in [0.2, 0.25) is 0 Å². The van der Waals surface area contributed by atoms with Crippen molar-refractivity contribution in [2.24, 2.45) is 5.92 Å². The standard InChI is InChI=1S/C15H21N3S/c1-3-11(4-2)10-17-15-13(14(16)18-19-15)12-8-6-5-7-9-12/h5-9,11,17H,3-4,10H2,1-2H3,(H2,16,18). The van der Waals surface area contributed by atoms with Gasteiger partial charge in [0.05, 0.1) is 5.56 Å². The summed E-state index contributed by atoms with van der Waals surface area (Å²) in [5, 5.41) is 4.59. The number of anilines is 2. The molecule has 1 aromatic heterocycles. The lowest BCUT2D eigenvalue weighted by Gasteiger charge is -2.14. The molecule has 0 saturated heterocycles. The number of hydrogen-bond donors (Lipinski definition) is 2. The van der Waals surface area contributed by atoms with E-state index in [1.807, 2.05) is 18.2 Å². The Kier molecular flexibility index (Phi) is 4.80. The molecule has 1 aromatic carbocycles. The fraction of sp³-hybridized carbons (Fsp3) is 0.400. The fourth-order valence-electron chi connectivity index (χ4n) is 2.12. The van der Waals surface area contributed by atoms with Crippen LogP contribution in [0.3, 0.4) is 0 Å². The Morgan fingerprint density at radius 2 is 1.89 bits per heavy atom. The van der Waals surface area contributed by atoms with E-state index >= 15 is 0 Å². The zero-order valence-corrected chi connectivity index (χ0v) is 12.3. The minimum atomic E-state index is 0.614. The maximum Gasteiger partial charge on any atom is 0.147 e. The Hall–Kier alpha value is -1.55. The van der Waals surface area contributed by atoms with E-state index in [1.54, 1.807) is 0 Å². The van der Waals surface area contributed by atoms with Gasteiger partial charge in [-0.3, -0.25) is 0 Å². The van der Waals surface area contributed by atoms with Crippen LogP contribution in [0.1, 0.15) is 26.7 Å². The number of nitrogens with one attached hydrogen (secondary N) is 1. The fourth-order valence-corrected chi connectivity index (χ4v) is 2.86. The van der Waals surface area contributed by atoms with Crippen molar-refractivity contribution in [2.45, 2.75) is 26.7 Å². The van der Waals surface area contributed by atoms with Crippen molar-refractivity contribution in [1.29, 1.82) is 0 Å². The van der Waals surface area contributed by atoms with E-state index in [4.69, 9.17) is 5.73 Å². The summed E-state index contributed by atoms with van der Waals surface area (Å²) >= 11 is 1.45. The molecule has 1 heterocycles. The topological polar surface area (TPSA) is 50.9 Å². The number of nitrogens with zero attached hydrogens (tertiary/aromatic N) is 1. The summed E-state index contributed by atoms with van der Waals surface area (Å²) in [6.45, 7) is 5.44. The predicted octanol–water partition coefficient (Wildman–Crippen LogP) is 4.24. The summed E-state index contributed by atoms with van der Waals surface area (Å²) < 4.78 is 4.28. The quantitative estimate of drug-likeness (QED) is 0.829. The monoisotopic (exact) mass is 275 g/mol. The first-order chi connectivity index (χ1) is 9.26. The summed E-state index contributed by atoms with van der Waals surface area (Å²) in [6, 6.07) is 10.2. The van der Waals surface area contributed by atoms with Crippen LogP contribution in [-0.2, 0) is 0 Å². The first-order valence-electron chi connectivity index (χ1n) is 6.80. The highest BCUT2D eigenvalue weighted by molar-refractivity contribution is 7.11. The summed E-state index contributed by atoms with van der Waals surface area (Å²) in [5.74, 6) is 1.31. The molecule has 3 N–H and O–H groups in total. The lowest BCUT2D eigenvalue weighted by atomic mass is 10.0. The van der Waals surface area contributed by atoms with Crippen LogP contribution in [0.15, 0.2) is 30.3 Å². The van der Waals surface area contributed by atoms with E-state index < -0.39 is 0 Å². The molecule has 0 unspecified atom stereocenters. The van der Waals surface area contributed by atoms with Crippen LogP contribution < -0.4 is 11.1 Å². The second-order valence-electron chi connectivity index (χ2n) is 4.70. The van der Waals surface area contributed by atoms with E-state index in [0.29, 0.717) is 11.7 Å². The van der Waals surface area contributed by atoms with Gasteiger partial charge >= 0.3 is 0 Å². The number of hydrogen-bond acceptors (Lipinski definition) is 4. The molecule has 4 heteroatoms. The molecule has 3 nitrogen and oxygen atoms in total. The molecule has 0 spiro atoms. The highest BCUT2D eigenvalue weighted by Gasteiger charge is 2.14. The summed E-state index contributed by atoms with van der Waals surface area (Å²) in [7, 11) is 0. The third-order valence-corrected chi connectivity index (χ3v) is 4.31. The van der Waals surface area contributed by atoms with Gasteiger partial charge in [0.15, 0.2) is 0 Å². The first kappa shape index (κ1) is 13.9. The maximum absolute atomic E-state index is 6.00. The molecule has 2 aromatic rings. The van der Waals surface area contributed by atoms with E-state index in [0.717, 1.165) is 22.7 Å². The van der Waals surface area contributed by atoms with E-state index in [-0.39, 0.29) is 0 Å². The van der Waals surface area contributed by atoms with Gasteiger partial charge in [0.2, 0.25) is 0 Å². The second-order valence-corrected chi connectivity index (χ2v) is 5.47. The van der Waals surface area contributed by atoms with Gasteiger partial charge < -0.3 is 11.1 Å². The molecule has 0 aliphatic heterocycles. The van der Waals surface area contributed by atoms with Crippen molar-refractivity contribution in [1.82, 2.24) is 4.37 Å². The van der Waals surface area contributed by atoms with Crippen molar-refractivity contribution in [3.8, 4) is 11.1 Å². The third-order valence-electron chi connectivity index (χ3n) is 3.49. The molecular formula is C15H21N3S. The van der Waals surface area contributed by atoms with Crippen molar-refractivity contribution >= 4 is 22.4 Å². The molecular weight excluding hydrogens is 254 g/mol. The highest BCUT2D eigenvalue weighted by atomic mass is 32.1. The van der Waals surface area contributed by atoms with Gasteiger partial charge in [-0.25, -0.2) is 0 Å². The molecule has 102 valence electrons. The van der Waals surface area contributed by atoms with Crippen LogP contribution >= 0.6 is 11.5 Å². The van der Waals surface area contributed by atoms with Crippen molar-refractivity contribution in [3.05, 3.63) is 30.3 Å². The maximum atomic E-state index is 6.00. The number of aromatic nitrogens is 1. The molecule has 0 amide bonds. The molecule has 2 rings (SSSR count). The summed E-state index contributed by atoms with van der Waals surface area (Å²) in [4.78, 5) is 0. The Morgan fingerprint density at radius 1 is 1.21 bits per heavy atom. The first-order valence-corrected chi connectivity index (χ1v) is 7.58. The molecule has 0 saturated carbocycles. The zero-order valence-electron chi connectivity index (χ0n) is 11.5. The molecule has 0 aliphatic rings. The van der Waals surface area contributed by atoms with Crippen molar-refractivity contribution in [3.63, 3.8) is 0 Å². The summed E-state index contributed by atoms with van der Waals surface area (Å²) in [6.07, 6.45) is 2.39. The smallest absolute Gasteiger partial charge is 0.147 e. The number of rotatable bonds is 6. The molecule has 0 radical (unpaired) electrons. The Bertz CT molecular complexity index is 503. The van der Waals surface area contributed by atoms with Gasteiger partial charge in [-0.2, -0.15) is 4.37 Å². The Balaban J connectivity index is 2.19. The molecule has 0 atom stereocenters. The molecule has 0 bridgehead atoms. The van der Waals surface area contributed by atoms with Crippen LogP contribution in [0.5, 0.6) is 0 Å². The van der Waals surface area contributed by atoms with Crippen LogP contribution in [0, 0.1) is 5.92 Å². The number of nitrogens with two attached hydrogens (primary N) is 1. The Morgan fingerprint density at radius 3 is 2.53 bits per heavy atom. The third kappa shape index (κ3) is 3.26. The van der Waals surface area contributed by atoms with Gasteiger partial charge in [0.1, 0.15) is 10.8 Å². The lowest BCUT2D eigenvalue weighted by molar-refractivity contribution is 0.519. The van der Waals surface area contributed by atoms with Crippen molar-refractivity contribution < 1.29 is 0 Å². The van der Waals surface area contributed by atoms with Gasteiger partial charge in [-0.1, -0.05) is 57.0 Å². The van der Waals surface area contributed by atoms with Crippen LogP contribution in [0.25, 0.3) is 11.1 Å². The largest absolute Gasteiger partial charge is 0.382 e. The molecule has 19 heavy (non-hydrogen) atoms. The van der Waals surface area contributed by atoms with Crippen molar-refractivity contribution in [2.75, 3.05) is 17.6 Å². The average molecular weight is 275 g/mol. The number of nitrogen functional groups attached to an aromatic ring is 1. The number of benzene rings is 1. The minimum absolute atomic E-state index is 0.614. The molecule has 0 aliphatic carbocycles. The van der Waals surface area contributed by atoms with E-state index in [2.05, 4.69) is 35.7 Å². The highest BCUT2D eigenvalue weighted by Crippen LogP contribution is 2.36. The van der Waals surface area contributed by atoms with Gasteiger partial charge in [-0.05, 0) is 23.0 Å². The molecule has 0 fully saturated rings.